The molecule has 118 valence electrons. The Bertz CT molecular complexity index is 558. The maximum absolute atomic E-state index is 6.65. The molecule has 0 saturated heterocycles. The molecule has 0 aromatic carbocycles. The molecule has 0 spiro atoms. The van der Waals surface area contributed by atoms with Crippen LogP contribution in [0.4, 0.5) is 0 Å². The third kappa shape index (κ3) is 2.42. The van der Waals surface area contributed by atoms with E-state index in [0.29, 0.717) is 12.8 Å². The smallest absolute Gasteiger partial charge is 0.166 e. The van der Waals surface area contributed by atoms with Gasteiger partial charge in [0.1, 0.15) is 15.3 Å². The number of allylic oxidation sites excluding steroid dienone is 2. The van der Waals surface area contributed by atoms with Crippen LogP contribution in [0.2, 0.25) is 0 Å². The van der Waals surface area contributed by atoms with Gasteiger partial charge in [0.15, 0.2) is 4.33 Å². The fourth-order valence-corrected chi connectivity index (χ4v) is 5.53. The Kier molecular flexibility index (Phi) is 4.82. The monoisotopic (exact) mass is 408 g/mol. The molecule has 2 rings (SSSR count). The predicted octanol–water partition coefficient (Wildman–Crippen LogP) is 5.66. The largest absolute Gasteiger partial charge is 0.366 e. The Balaban J connectivity index is 2.31. The zero-order chi connectivity index (χ0) is 16.3. The third-order valence-electron chi connectivity index (χ3n) is 4.15. The Morgan fingerprint density at radius 2 is 1.76 bits per heavy atom. The van der Waals surface area contributed by atoms with Crippen LogP contribution in [0.3, 0.4) is 0 Å². The molecule has 0 aromatic heterocycles. The molecule has 21 heavy (non-hydrogen) atoms. The van der Waals surface area contributed by atoms with E-state index < -0.39 is 19.7 Å². The molecule has 1 nitrogen and oxygen atoms in total. The van der Waals surface area contributed by atoms with Crippen molar-refractivity contribution < 1.29 is 4.74 Å². The lowest BCUT2D eigenvalue weighted by Crippen LogP contribution is -2.44. The quantitative estimate of drug-likeness (QED) is 0.421. The molecule has 3 atom stereocenters. The van der Waals surface area contributed by atoms with Crippen molar-refractivity contribution in [1.82, 2.24) is 0 Å². The predicted molar refractivity (Wildman–Crippen MR) is 91.9 cm³/mol. The van der Waals surface area contributed by atoms with Gasteiger partial charge in [-0.3, -0.25) is 0 Å². The van der Waals surface area contributed by atoms with Crippen LogP contribution in [0.1, 0.15) is 26.7 Å². The summed E-state index contributed by atoms with van der Waals surface area (Å²) in [7, 11) is 1.60. The zero-order valence-corrected chi connectivity index (χ0v) is 16.2. The van der Waals surface area contributed by atoms with Crippen molar-refractivity contribution in [3.63, 3.8) is 0 Å². The first-order valence-corrected chi connectivity index (χ1v) is 8.58. The summed E-state index contributed by atoms with van der Waals surface area (Å²) in [6, 6.07) is 0. The summed E-state index contributed by atoms with van der Waals surface area (Å²) in [6.07, 6.45) is 0.870. The molecule has 0 aliphatic heterocycles. The summed E-state index contributed by atoms with van der Waals surface area (Å²) < 4.78 is 3.78. The van der Waals surface area contributed by atoms with Crippen LogP contribution in [0.15, 0.2) is 10.1 Å². The Morgan fingerprint density at radius 1 is 1.19 bits per heavy atom. The Hall–Kier alpha value is 1.00. The minimum atomic E-state index is -1.47. The lowest BCUT2D eigenvalue weighted by molar-refractivity contribution is 0.0740. The molecule has 2 aliphatic carbocycles. The highest BCUT2D eigenvalue weighted by atomic mass is 35.5. The SMILES string of the molecule is COC(C)(C)C#CC[C@@H]1C[C@]2(Cl)C(Cl)=C(Cl)[C@@]1(Cl)C2(Cl)Cl. The maximum Gasteiger partial charge on any atom is 0.166 e. The van der Waals surface area contributed by atoms with Crippen LogP contribution in [0.25, 0.3) is 0 Å². The van der Waals surface area contributed by atoms with E-state index in [1.807, 2.05) is 13.8 Å². The normalized spacial score (nSPS) is 37.7. The first-order valence-electron chi connectivity index (χ1n) is 6.31. The molecule has 0 unspecified atom stereocenters. The summed E-state index contributed by atoms with van der Waals surface area (Å²) in [5.74, 6) is 5.89. The summed E-state index contributed by atoms with van der Waals surface area (Å²) in [5.41, 5.74) is -0.536. The highest BCUT2D eigenvalue weighted by Gasteiger charge is 2.78. The molecule has 0 N–H and O–H groups in total. The van der Waals surface area contributed by atoms with Gasteiger partial charge in [-0.05, 0) is 26.2 Å². The molecular formula is C14H14Cl6O. The van der Waals surface area contributed by atoms with Crippen LogP contribution >= 0.6 is 69.6 Å². The molecule has 0 aromatic rings. The van der Waals surface area contributed by atoms with E-state index in [2.05, 4.69) is 11.8 Å². The number of ether oxygens (including phenoxy) is 1. The molecular weight excluding hydrogens is 397 g/mol. The van der Waals surface area contributed by atoms with E-state index in [1.165, 1.54) is 0 Å². The first-order chi connectivity index (χ1) is 9.44. The van der Waals surface area contributed by atoms with Gasteiger partial charge in [-0.25, -0.2) is 0 Å². The van der Waals surface area contributed by atoms with Gasteiger partial charge in [0.2, 0.25) is 0 Å². The molecule has 2 aliphatic rings. The molecule has 1 fully saturated rings. The van der Waals surface area contributed by atoms with Crippen LogP contribution in [-0.2, 0) is 4.74 Å². The van der Waals surface area contributed by atoms with E-state index in [1.54, 1.807) is 7.11 Å². The summed E-state index contributed by atoms with van der Waals surface area (Å²) >= 11 is 38.4. The summed E-state index contributed by atoms with van der Waals surface area (Å²) in [4.78, 5) is -2.39. The standard InChI is InChI=1S/C14H14Cl6O/c1-11(2,21-3)6-4-5-8-7-12(17)9(15)10(16)13(8,18)14(12,19)20/h8H,5,7H2,1-3H3/t8-,12+,13-/m1/s1. The van der Waals surface area contributed by atoms with E-state index in [4.69, 9.17) is 74.3 Å². The van der Waals surface area contributed by atoms with Gasteiger partial charge >= 0.3 is 0 Å². The number of rotatable bonds is 2. The van der Waals surface area contributed by atoms with Crippen LogP contribution in [-0.4, -0.2) is 26.8 Å². The van der Waals surface area contributed by atoms with Gasteiger partial charge in [0, 0.05) is 13.5 Å². The Morgan fingerprint density at radius 3 is 2.19 bits per heavy atom. The van der Waals surface area contributed by atoms with E-state index in [0.717, 1.165) is 0 Å². The fourth-order valence-electron chi connectivity index (χ4n) is 2.68. The van der Waals surface area contributed by atoms with Crippen molar-refractivity contribution >= 4 is 69.6 Å². The van der Waals surface area contributed by atoms with Crippen LogP contribution in [0, 0.1) is 17.8 Å². The topological polar surface area (TPSA) is 9.23 Å². The second kappa shape index (κ2) is 5.52. The molecule has 7 heteroatoms. The van der Waals surface area contributed by atoms with Gasteiger partial charge in [0.25, 0.3) is 0 Å². The summed E-state index contributed by atoms with van der Waals surface area (Å²) in [6.45, 7) is 3.74. The first kappa shape index (κ1) is 18.3. The van der Waals surface area contributed by atoms with Crippen molar-refractivity contribution in [2.24, 2.45) is 5.92 Å². The third-order valence-corrected chi connectivity index (χ3v) is 8.48. The highest BCUT2D eigenvalue weighted by Crippen LogP contribution is 2.74. The molecule has 2 bridgehead atoms. The lowest BCUT2D eigenvalue weighted by atomic mass is 9.89. The van der Waals surface area contributed by atoms with Crippen molar-refractivity contribution in [2.45, 2.75) is 46.4 Å². The van der Waals surface area contributed by atoms with Gasteiger partial charge in [-0.15, -0.1) is 23.2 Å². The van der Waals surface area contributed by atoms with Crippen molar-refractivity contribution in [3.05, 3.63) is 10.1 Å². The second-order valence-corrected chi connectivity index (χ2v) is 9.16. The minimum Gasteiger partial charge on any atom is -0.366 e. The number of alkyl halides is 4. The van der Waals surface area contributed by atoms with Crippen LogP contribution < -0.4 is 0 Å². The summed E-state index contributed by atoms with van der Waals surface area (Å²) in [5, 5.41) is 0.446. The van der Waals surface area contributed by atoms with E-state index in [-0.39, 0.29) is 16.0 Å². The second-order valence-electron chi connectivity index (χ2n) is 5.84. The van der Waals surface area contributed by atoms with Gasteiger partial charge in [-0.1, -0.05) is 58.2 Å². The van der Waals surface area contributed by atoms with E-state index >= 15 is 0 Å². The molecule has 0 radical (unpaired) electrons. The number of halogens is 6. The average Bonchev–Trinajstić information content (AvgIpc) is 2.61. The van der Waals surface area contributed by atoms with Gasteiger partial charge in [-0.2, -0.15) is 0 Å². The molecule has 0 amide bonds. The lowest BCUT2D eigenvalue weighted by Gasteiger charge is -2.33. The van der Waals surface area contributed by atoms with Crippen molar-refractivity contribution in [2.75, 3.05) is 7.11 Å². The maximum atomic E-state index is 6.65. The number of fused-ring (bicyclic) bond motifs is 2. The number of methoxy groups -OCH3 is 1. The van der Waals surface area contributed by atoms with Crippen molar-refractivity contribution in [1.29, 1.82) is 0 Å². The van der Waals surface area contributed by atoms with Gasteiger partial charge in [0.05, 0.1) is 10.1 Å². The van der Waals surface area contributed by atoms with Gasteiger partial charge < -0.3 is 4.74 Å². The van der Waals surface area contributed by atoms with Crippen molar-refractivity contribution in [3.8, 4) is 11.8 Å². The molecule has 0 heterocycles. The highest BCUT2D eigenvalue weighted by molar-refractivity contribution is 6.65. The Labute approximate surface area is 155 Å². The fraction of sp³-hybridized carbons (Fsp3) is 0.714. The van der Waals surface area contributed by atoms with Crippen LogP contribution in [0.5, 0.6) is 0 Å². The average molecular weight is 411 g/mol. The minimum absolute atomic E-state index is 0.193. The number of hydrogen-bond donors (Lipinski definition) is 0. The number of hydrogen-bond acceptors (Lipinski definition) is 1. The zero-order valence-electron chi connectivity index (χ0n) is 11.7. The van der Waals surface area contributed by atoms with E-state index in [9.17, 15) is 0 Å². The molecule has 1 saturated carbocycles.